The standard InChI is InChI=1S/C22H22N4OS/c1-15-4-3-5-17(10-15)18-11-19(28-14-18)22(2)12-20(27)26(21(23)25-22)13-16-6-8-24-9-7-16/h3-11,14H,12-13H2,1-2H3,(H2,23,25)/t22-/m0/s1. The highest BCUT2D eigenvalue weighted by atomic mass is 32.1. The number of guanidine groups is 1. The number of amides is 1. The first-order valence-corrected chi connectivity index (χ1v) is 10.0. The molecule has 0 aliphatic carbocycles. The van der Waals surface area contributed by atoms with Crippen molar-refractivity contribution >= 4 is 23.2 Å². The van der Waals surface area contributed by atoms with Crippen LogP contribution in [-0.2, 0) is 16.9 Å². The smallest absolute Gasteiger partial charge is 0.232 e. The first kappa shape index (κ1) is 18.4. The highest BCUT2D eigenvalue weighted by Crippen LogP contribution is 2.39. The van der Waals surface area contributed by atoms with E-state index in [1.165, 1.54) is 11.1 Å². The van der Waals surface area contributed by atoms with Crippen molar-refractivity contribution in [1.82, 2.24) is 9.88 Å². The average Bonchev–Trinajstić information content (AvgIpc) is 3.17. The molecule has 2 aromatic heterocycles. The maximum atomic E-state index is 12.9. The Bertz CT molecular complexity index is 1040. The molecule has 1 atom stereocenters. The van der Waals surface area contributed by atoms with E-state index in [-0.39, 0.29) is 11.9 Å². The Hall–Kier alpha value is -2.99. The van der Waals surface area contributed by atoms with Crippen LogP contribution in [0.1, 0.15) is 29.3 Å². The number of rotatable bonds is 4. The highest BCUT2D eigenvalue weighted by molar-refractivity contribution is 7.10. The van der Waals surface area contributed by atoms with Crippen LogP contribution >= 0.6 is 11.3 Å². The van der Waals surface area contributed by atoms with Crippen LogP contribution in [0.15, 0.2) is 65.2 Å². The Balaban J connectivity index is 1.61. The monoisotopic (exact) mass is 390 g/mol. The summed E-state index contributed by atoms with van der Waals surface area (Å²) in [4.78, 5) is 24.2. The summed E-state index contributed by atoms with van der Waals surface area (Å²) in [6.07, 6.45) is 3.71. The molecule has 0 saturated heterocycles. The van der Waals surface area contributed by atoms with Crippen molar-refractivity contribution in [2.24, 2.45) is 10.7 Å². The van der Waals surface area contributed by atoms with Crippen LogP contribution < -0.4 is 5.73 Å². The van der Waals surface area contributed by atoms with Crippen LogP contribution in [-0.4, -0.2) is 21.8 Å². The Kier molecular flexibility index (Phi) is 4.73. The summed E-state index contributed by atoms with van der Waals surface area (Å²) >= 11 is 1.62. The number of aromatic nitrogens is 1. The summed E-state index contributed by atoms with van der Waals surface area (Å²) < 4.78 is 0. The molecule has 2 N–H and O–H groups in total. The average molecular weight is 391 g/mol. The van der Waals surface area contributed by atoms with Crippen LogP contribution in [0.4, 0.5) is 0 Å². The molecule has 0 fully saturated rings. The van der Waals surface area contributed by atoms with Crippen LogP contribution in [0.5, 0.6) is 0 Å². The molecule has 4 rings (SSSR count). The van der Waals surface area contributed by atoms with Gasteiger partial charge in [0, 0.05) is 17.3 Å². The molecule has 3 heterocycles. The lowest BCUT2D eigenvalue weighted by Gasteiger charge is -2.34. The third-order valence-corrected chi connectivity index (χ3v) is 6.19. The van der Waals surface area contributed by atoms with E-state index in [0.717, 1.165) is 16.0 Å². The Morgan fingerprint density at radius 3 is 2.68 bits per heavy atom. The van der Waals surface area contributed by atoms with Gasteiger partial charge in [0.25, 0.3) is 0 Å². The molecule has 142 valence electrons. The number of carbonyl (C=O) groups is 1. The zero-order valence-corrected chi connectivity index (χ0v) is 16.7. The van der Waals surface area contributed by atoms with Crippen molar-refractivity contribution in [3.05, 3.63) is 76.2 Å². The van der Waals surface area contributed by atoms with Crippen LogP contribution in [0.2, 0.25) is 0 Å². The lowest BCUT2D eigenvalue weighted by molar-refractivity contribution is -0.130. The quantitative estimate of drug-likeness (QED) is 0.730. The van der Waals surface area contributed by atoms with Gasteiger partial charge in [0.1, 0.15) is 5.54 Å². The van der Waals surface area contributed by atoms with Gasteiger partial charge in [0.05, 0.1) is 13.0 Å². The van der Waals surface area contributed by atoms with Gasteiger partial charge in [-0.3, -0.25) is 14.7 Å². The van der Waals surface area contributed by atoms with E-state index in [1.54, 1.807) is 28.6 Å². The van der Waals surface area contributed by atoms with E-state index in [9.17, 15) is 4.79 Å². The van der Waals surface area contributed by atoms with Crippen molar-refractivity contribution in [1.29, 1.82) is 0 Å². The van der Waals surface area contributed by atoms with Gasteiger partial charge in [-0.05, 0) is 54.1 Å². The Morgan fingerprint density at radius 2 is 1.96 bits per heavy atom. The normalized spacial score (nSPS) is 19.6. The number of thiophene rings is 1. The minimum absolute atomic E-state index is 0.0164. The lowest BCUT2D eigenvalue weighted by atomic mass is 9.93. The van der Waals surface area contributed by atoms with Gasteiger partial charge in [-0.25, -0.2) is 4.99 Å². The summed E-state index contributed by atoms with van der Waals surface area (Å²) in [6.45, 7) is 4.47. The minimum atomic E-state index is -0.636. The van der Waals surface area contributed by atoms with Crippen molar-refractivity contribution in [2.45, 2.75) is 32.4 Å². The van der Waals surface area contributed by atoms with Crippen LogP contribution in [0.25, 0.3) is 11.1 Å². The molecule has 0 bridgehead atoms. The number of pyridine rings is 1. The number of nitrogens with zero attached hydrogens (tertiary/aromatic N) is 3. The summed E-state index contributed by atoms with van der Waals surface area (Å²) in [5, 5.41) is 2.12. The predicted molar refractivity (Wildman–Crippen MR) is 113 cm³/mol. The largest absolute Gasteiger partial charge is 0.369 e. The molecular weight excluding hydrogens is 368 g/mol. The zero-order valence-electron chi connectivity index (χ0n) is 15.9. The highest BCUT2D eigenvalue weighted by Gasteiger charge is 2.38. The zero-order chi connectivity index (χ0) is 19.7. The minimum Gasteiger partial charge on any atom is -0.369 e. The second-order valence-electron chi connectivity index (χ2n) is 7.33. The fourth-order valence-corrected chi connectivity index (χ4v) is 4.47. The molecular formula is C22H22N4OS. The molecule has 1 aliphatic rings. The number of aryl methyl sites for hydroxylation is 1. The second kappa shape index (κ2) is 7.20. The molecule has 3 aromatic rings. The van der Waals surface area contributed by atoms with Crippen LogP contribution in [0.3, 0.4) is 0 Å². The van der Waals surface area contributed by atoms with Gasteiger partial charge in [0.2, 0.25) is 5.91 Å². The maximum absolute atomic E-state index is 12.9. The first-order chi connectivity index (χ1) is 13.4. The topological polar surface area (TPSA) is 71.6 Å². The fraction of sp³-hybridized carbons (Fsp3) is 0.227. The van der Waals surface area contributed by atoms with Gasteiger partial charge >= 0.3 is 0 Å². The molecule has 0 spiro atoms. The summed E-state index contributed by atoms with van der Waals surface area (Å²) in [6, 6.07) is 14.3. The fourth-order valence-electron chi connectivity index (χ4n) is 3.45. The van der Waals surface area contributed by atoms with Crippen LogP contribution in [0, 0.1) is 6.92 Å². The Morgan fingerprint density at radius 1 is 1.18 bits per heavy atom. The van der Waals surface area contributed by atoms with Gasteiger partial charge in [0.15, 0.2) is 5.96 Å². The molecule has 0 unspecified atom stereocenters. The van der Waals surface area contributed by atoms with E-state index in [0.29, 0.717) is 13.0 Å². The summed E-state index contributed by atoms with van der Waals surface area (Å²) in [5.74, 6) is 0.249. The molecule has 6 heteroatoms. The van der Waals surface area contributed by atoms with Gasteiger partial charge in [-0.1, -0.05) is 29.8 Å². The number of nitrogens with two attached hydrogens (primary N) is 1. The number of carbonyl (C=O) groups excluding carboxylic acids is 1. The third kappa shape index (κ3) is 3.55. The van der Waals surface area contributed by atoms with E-state index < -0.39 is 5.54 Å². The van der Waals surface area contributed by atoms with Crippen molar-refractivity contribution in [3.8, 4) is 11.1 Å². The molecule has 5 nitrogen and oxygen atoms in total. The summed E-state index contributed by atoms with van der Waals surface area (Å²) in [5.41, 5.74) is 10.1. The van der Waals surface area contributed by atoms with Gasteiger partial charge < -0.3 is 5.73 Å². The molecule has 1 aromatic carbocycles. The number of hydrogen-bond donors (Lipinski definition) is 1. The van der Waals surface area contributed by atoms with Gasteiger partial charge in [-0.15, -0.1) is 11.3 Å². The number of hydrogen-bond acceptors (Lipinski definition) is 5. The van der Waals surface area contributed by atoms with E-state index in [4.69, 9.17) is 10.7 Å². The molecule has 0 saturated carbocycles. The first-order valence-electron chi connectivity index (χ1n) is 9.15. The SMILES string of the molecule is Cc1cccc(-c2csc([C@]3(C)CC(=O)N(Cc4ccncc4)C(N)=N3)c2)c1. The number of benzene rings is 1. The predicted octanol–water partition coefficient (Wildman–Crippen LogP) is 4.08. The lowest BCUT2D eigenvalue weighted by Crippen LogP contribution is -2.49. The maximum Gasteiger partial charge on any atom is 0.232 e. The van der Waals surface area contributed by atoms with E-state index in [1.807, 2.05) is 19.1 Å². The molecule has 0 radical (unpaired) electrons. The third-order valence-electron chi connectivity index (χ3n) is 5.01. The van der Waals surface area contributed by atoms with E-state index >= 15 is 0 Å². The molecule has 28 heavy (non-hydrogen) atoms. The number of aliphatic imine (C=N–C) groups is 1. The molecule has 1 amide bonds. The second-order valence-corrected chi connectivity index (χ2v) is 8.24. The van der Waals surface area contributed by atoms with Crippen molar-refractivity contribution in [2.75, 3.05) is 0 Å². The molecule has 1 aliphatic heterocycles. The summed E-state index contributed by atoms with van der Waals surface area (Å²) in [7, 11) is 0. The van der Waals surface area contributed by atoms with E-state index in [2.05, 4.69) is 47.6 Å². The van der Waals surface area contributed by atoms with Crippen molar-refractivity contribution in [3.63, 3.8) is 0 Å². The van der Waals surface area contributed by atoms with Gasteiger partial charge in [-0.2, -0.15) is 0 Å². The van der Waals surface area contributed by atoms with Crippen molar-refractivity contribution < 1.29 is 4.79 Å². The Labute approximate surface area is 168 Å².